The highest BCUT2D eigenvalue weighted by Gasteiger charge is 2.66. The normalized spacial score (nSPS) is 46.7. The zero-order chi connectivity index (χ0) is 13.8. The number of allylic oxidation sites excluding steroid dienone is 1. The SMILES string of the molecule is C/C=C/C(=O)O[C@H]1[C@H]2OC(=O)[C@@H]3[C@H]2C=C[C@@]1(Br)[C@H]3C. The van der Waals surface area contributed by atoms with Crippen molar-refractivity contribution >= 4 is 27.9 Å². The smallest absolute Gasteiger partial charge is 0.330 e. The first-order valence-corrected chi connectivity index (χ1v) is 7.20. The first-order valence-electron chi connectivity index (χ1n) is 6.41. The third-order valence-electron chi connectivity index (χ3n) is 4.41. The number of hydrogen-bond acceptors (Lipinski definition) is 4. The largest absolute Gasteiger partial charge is 0.457 e. The van der Waals surface area contributed by atoms with Crippen LogP contribution in [0.5, 0.6) is 0 Å². The number of esters is 2. The number of carbonyl (C=O) groups is 2. The van der Waals surface area contributed by atoms with Gasteiger partial charge in [0.25, 0.3) is 0 Å². The zero-order valence-electron chi connectivity index (χ0n) is 10.7. The highest BCUT2D eigenvalue weighted by Crippen LogP contribution is 2.57. The number of ether oxygens (including phenoxy) is 2. The van der Waals surface area contributed by atoms with E-state index in [9.17, 15) is 9.59 Å². The van der Waals surface area contributed by atoms with Gasteiger partial charge in [-0.2, -0.15) is 0 Å². The number of rotatable bonds is 2. The van der Waals surface area contributed by atoms with Crippen molar-refractivity contribution in [2.24, 2.45) is 17.8 Å². The van der Waals surface area contributed by atoms with Gasteiger partial charge in [-0.25, -0.2) is 4.79 Å². The van der Waals surface area contributed by atoms with E-state index in [0.29, 0.717) is 0 Å². The number of carbonyl (C=O) groups excluding carboxylic acids is 2. The molecule has 4 aliphatic rings. The first-order chi connectivity index (χ1) is 8.99. The second-order valence-electron chi connectivity index (χ2n) is 5.34. The summed E-state index contributed by atoms with van der Waals surface area (Å²) in [7, 11) is 0. The van der Waals surface area contributed by atoms with Crippen LogP contribution in [0.15, 0.2) is 24.3 Å². The van der Waals surface area contributed by atoms with E-state index in [1.807, 2.05) is 19.1 Å². The van der Waals surface area contributed by atoms with Crippen molar-refractivity contribution in [3.05, 3.63) is 24.3 Å². The van der Waals surface area contributed by atoms with Gasteiger partial charge < -0.3 is 9.47 Å². The minimum atomic E-state index is -0.513. The lowest BCUT2D eigenvalue weighted by molar-refractivity contribution is -0.159. The second kappa shape index (κ2) is 4.20. The topological polar surface area (TPSA) is 52.6 Å². The van der Waals surface area contributed by atoms with E-state index in [-0.39, 0.29) is 29.8 Å². The van der Waals surface area contributed by atoms with Gasteiger partial charge in [-0.15, -0.1) is 0 Å². The molecule has 0 aromatic carbocycles. The van der Waals surface area contributed by atoms with Crippen LogP contribution in [0.1, 0.15) is 13.8 Å². The molecule has 1 saturated carbocycles. The van der Waals surface area contributed by atoms with Crippen molar-refractivity contribution in [3.63, 3.8) is 0 Å². The summed E-state index contributed by atoms with van der Waals surface area (Å²) >= 11 is 3.67. The Kier molecular flexibility index (Phi) is 2.85. The van der Waals surface area contributed by atoms with Crippen LogP contribution in [0, 0.1) is 17.8 Å². The Balaban J connectivity index is 1.96. The third-order valence-corrected chi connectivity index (χ3v) is 5.85. The molecule has 1 saturated heterocycles. The summed E-state index contributed by atoms with van der Waals surface area (Å²) < 4.78 is 10.4. The lowest BCUT2D eigenvalue weighted by Gasteiger charge is -2.49. The third kappa shape index (κ3) is 1.64. The molecule has 0 aromatic rings. The molecule has 0 amide bonds. The number of hydrogen-bond donors (Lipinski definition) is 0. The van der Waals surface area contributed by atoms with Crippen LogP contribution in [0.2, 0.25) is 0 Å². The maximum Gasteiger partial charge on any atom is 0.330 e. The molecule has 4 rings (SSSR count). The van der Waals surface area contributed by atoms with Gasteiger partial charge in [0.05, 0.1) is 10.2 Å². The minimum absolute atomic E-state index is 0.0188. The van der Waals surface area contributed by atoms with Gasteiger partial charge in [-0.05, 0) is 12.8 Å². The molecule has 0 unspecified atom stereocenters. The second-order valence-corrected chi connectivity index (χ2v) is 6.71. The van der Waals surface area contributed by atoms with E-state index >= 15 is 0 Å². The Hall–Kier alpha value is -1.10. The van der Waals surface area contributed by atoms with Crippen LogP contribution >= 0.6 is 15.9 Å². The fourth-order valence-electron chi connectivity index (χ4n) is 3.43. The van der Waals surface area contributed by atoms with Crippen LogP contribution < -0.4 is 0 Å². The molecule has 0 N–H and O–H groups in total. The summed E-state index contributed by atoms with van der Waals surface area (Å²) in [5, 5.41) is 0. The predicted molar refractivity (Wildman–Crippen MR) is 71.5 cm³/mol. The average molecular weight is 327 g/mol. The summed E-state index contributed by atoms with van der Waals surface area (Å²) in [6, 6.07) is 0. The van der Waals surface area contributed by atoms with E-state index in [2.05, 4.69) is 15.9 Å². The van der Waals surface area contributed by atoms with Crippen molar-refractivity contribution in [1.29, 1.82) is 0 Å². The minimum Gasteiger partial charge on any atom is -0.457 e. The summed E-state index contributed by atoms with van der Waals surface area (Å²) in [5.74, 6) is -0.659. The van der Waals surface area contributed by atoms with Crippen molar-refractivity contribution in [1.82, 2.24) is 0 Å². The van der Waals surface area contributed by atoms with E-state index in [4.69, 9.17) is 9.47 Å². The van der Waals surface area contributed by atoms with Crippen molar-refractivity contribution in [2.75, 3.05) is 0 Å². The molecule has 19 heavy (non-hydrogen) atoms. The van der Waals surface area contributed by atoms with Crippen LogP contribution in [-0.4, -0.2) is 28.5 Å². The monoisotopic (exact) mass is 326 g/mol. The Labute approximate surface area is 120 Å². The predicted octanol–water partition coefficient (Wildman–Crippen LogP) is 1.99. The van der Waals surface area contributed by atoms with Gasteiger partial charge in [0.15, 0.2) is 6.10 Å². The molecular formula is C14H15BrO4. The Morgan fingerprint density at radius 1 is 1.58 bits per heavy atom. The fourth-order valence-corrected chi connectivity index (χ4v) is 4.22. The molecule has 4 nitrogen and oxygen atoms in total. The van der Waals surface area contributed by atoms with Crippen LogP contribution in [0.4, 0.5) is 0 Å². The summed E-state index contributed by atoms with van der Waals surface area (Å²) in [4.78, 5) is 23.6. The molecule has 0 spiro atoms. The summed E-state index contributed by atoms with van der Waals surface area (Å²) in [6.45, 7) is 3.75. The first kappa shape index (κ1) is 12.9. The molecule has 6 atom stereocenters. The van der Waals surface area contributed by atoms with Gasteiger partial charge in [-0.3, -0.25) is 4.79 Å². The Morgan fingerprint density at radius 3 is 3.00 bits per heavy atom. The summed E-state index contributed by atoms with van der Waals surface area (Å²) in [5.41, 5.74) is 0. The molecule has 0 aromatic heterocycles. The van der Waals surface area contributed by atoms with Gasteiger partial charge in [-0.1, -0.05) is 41.1 Å². The lowest BCUT2D eigenvalue weighted by atomic mass is 9.61. The van der Waals surface area contributed by atoms with Gasteiger partial charge >= 0.3 is 11.9 Å². The van der Waals surface area contributed by atoms with Gasteiger partial charge in [0, 0.05) is 12.0 Å². The van der Waals surface area contributed by atoms with Gasteiger partial charge in [0.1, 0.15) is 6.10 Å². The number of alkyl halides is 1. The van der Waals surface area contributed by atoms with E-state index < -0.39 is 16.4 Å². The molecule has 4 bridgehead atoms. The Bertz CT molecular complexity index is 498. The van der Waals surface area contributed by atoms with Gasteiger partial charge in [0.2, 0.25) is 0 Å². The molecule has 3 aliphatic carbocycles. The Morgan fingerprint density at radius 2 is 2.32 bits per heavy atom. The van der Waals surface area contributed by atoms with Crippen molar-refractivity contribution in [3.8, 4) is 0 Å². The number of halogens is 1. The quantitative estimate of drug-likeness (QED) is 0.337. The molecule has 102 valence electrons. The maximum absolute atomic E-state index is 11.9. The van der Waals surface area contributed by atoms with E-state index in [1.165, 1.54) is 6.08 Å². The average Bonchev–Trinajstić information content (AvgIpc) is 2.66. The molecule has 1 heterocycles. The van der Waals surface area contributed by atoms with E-state index in [1.54, 1.807) is 13.0 Å². The van der Waals surface area contributed by atoms with Crippen LogP contribution in [0.25, 0.3) is 0 Å². The summed E-state index contributed by atoms with van der Waals surface area (Å²) in [6.07, 6.45) is 6.19. The lowest BCUT2D eigenvalue weighted by Crippen LogP contribution is -2.60. The molecule has 1 aliphatic heterocycles. The highest BCUT2D eigenvalue weighted by atomic mass is 79.9. The molecule has 0 radical (unpaired) electrons. The van der Waals surface area contributed by atoms with E-state index in [0.717, 1.165) is 0 Å². The van der Waals surface area contributed by atoms with Crippen LogP contribution in [0.3, 0.4) is 0 Å². The maximum atomic E-state index is 11.9. The fraction of sp³-hybridized carbons (Fsp3) is 0.571. The zero-order valence-corrected chi connectivity index (χ0v) is 12.3. The van der Waals surface area contributed by atoms with Crippen molar-refractivity contribution in [2.45, 2.75) is 30.4 Å². The molecule has 2 fully saturated rings. The molecular weight excluding hydrogens is 312 g/mol. The molecule has 5 heteroatoms. The van der Waals surface area contributed by atoms with Crippen molar-refractivity contribution < 1.29 is 19.1 Å². The van der Waals surface area contributed by atoms with Crippen LogP contribution in [-0.2, 0) is 19.1 Å². The standard InChI is InChI=1S/C14H15BrO4/c1-3-4-9(16)18-12-11-8-5-6-14(12,15)7(2)10(8)13(17)19-11/h3-8,10-12H,1-2H3/b4-3+/t7-,8+,10-,11-,12-,14+/m0/s1. The highest BCUT2D eigenvalue weighted by molar-refractivity contribution is 9.10.